The van der Waals surface area contributed by atoms with E-state index in [1.165, 1.54) is 11.1 Å². The topological polar surface area (TPSA) is 64.7 Å². The first-order valence-corrected chi connectivity index (χ1v) is 13.7. The van der Waals surface area contributed by atoms with Crippen LogP contribution in [0.5, 0.6) is 0 Å². The van der Waals surface area contributed by atoms with Gasteiger partial charge in [-0.25, -0.2) is 0 Å². The second-order valence-corrected chi connectivity index (χ2v) is 10.6. The van der Waals surface area contributed by atoms with Crippen LogP contribution in [0.15, 0.2) is 24.3 Å². The van der Waals surface area contributed by atoms with Gasteiger partial charge in [-0.15, -0.1) is 0 Å². The van der Waals surface area contributed by atoms with Crippen LogP contribution in [-0.4, -0.2) is 60.9 Å². The number of nitrogens with zero attached hydrogens (tertiary/aromatic N) is 2. The van der Waals surface area contributed by atoms with Crippen molar-refractivity contribution < 1.29 is 9.59 Å². The molecule has 0 saturated carbocycles. The number of hydrogen-bond acceptors (Lipinski definition) is 4. The first kappa shape index (κ1) is 30.5. The lowest BCUT2D eigenvalue weighted by molar-refractivity contribution is -0.118. The van der Waals surface area contributed by atoms with E-state index in [9.17, 15) is 9.59 Å². The maximum Gasteiger partial charge on any atom is 0.238 e. The quantitative estimate of drug-likeness (QED) is 0.380. The Kier molecular flexibility index (Phi) is 10.9. The molecule has 0 saturated heterocycles. The Hall–Kier alpha value is -2.70. The van der Waals surface area contributed by atoms with Crippen LogP contribution >= 0.6 is 0 Å². The second-order valence-electron chi connectivity index (χ2n) is 10.6. The van der Waals surface area contributed by atoms with E-state index in [0.29, 0.717) is 13.1 Å². The molecule has 0 fully saturated rings. The lowest BCUT2D eigenvalue weighted by Crippen LogP contribution is -2.33. The van der Waals surface area contributed by atoms with E-state index in [-0.39, 0.29) is 17.2 Å². The summed E-state index contributed by atoms with van der Waals surface area (Å²) in [7, 11) is 0. The van der Waals surface area contributed by atoms with Gasteiger partial charge in [0.15, 0.2) is 0 Å². The van der Waals surface area contributed by atoms with Gasteiger partial charge >= 0.3 is 0 Å². The Labute approximate surface area is 224 Å². The van der Waals surface area contributed by atoms with E-state index in [2.05, 4.69) is 114 Å². The van der Waals surface area contributed by atoms with E-state index in [1.807, 2.05) is 0 Å². The van der Waals surface area contributed by atoms with Crippen molar-refractivity contribution in [1.29, 1.82) is 0 Å². The zero-order valence-corrected chi connectivity index (χ0v) is 24.8. The third kappa shape index (κ3) is 7.65. The first-order valence-electron chi connectivity index (χ1n) is 13.7. The minimum Gasteiger partial charge on any atom is -0.324 e. The van der Waals surface area contributed by atoms with Crippen molar-refractivity contribution in [3.63, 3.8) is 0 Å². The number of carbonyl (C=O) groups excluding carboxylic acids is 2. The third-order valence-electron chi connectivity index (χ3n) is 7.56. The number of aryl methyl sites for hydroxylation is 4. The summed E-state index contributed by atoms with van der Waals surface area (Å²) in [6.45, 7) is 25.2. The molecule has 2 amide bonds. The molecule has 0 unspecified atom stereocenters. The van der Waals surface area contributed by atoms with Crippen LogP contribution in [-0.2, 0) is 15.0 Å². The zero-order valence-electron chi connectivity index (χ0n) is 24.8. The molecule has 0 aliphatic heterocycles. The standard InChI is InChI=1S/C31H48N4O2/c1-11-34(12-2)19-27(36)32-29-21(5)15-25(16-22(29)6)31(9,10)26-17-23(7)30(24(8)18-26)33-28(37)20-35(13-3)14-4/h15-18H,11-14,19-20H2,1-10H3,(H,32,36)(H,33,37). The molecular formula is C31H48N4O2. The van der Waals surface area contributed by atoms with Crippen LogP contribution in [0, 0.1) is 27.7 Å². The van der Waals surface area contributed by atoms with Crippen LogP contribution in [0.2, 0.25) is 0 Å². The number of rotatable bonds is 12. The van der Waals surface area contributed by atoms with E-state index in [0.717, 1.165) is 59.8 Å². The fourth-order valence-electron chi connectivity index (χ4n) is 4.87. The van der Waals surface area contributed by atoms with Crippen molar-refractivity contribution >= 4 is 23.2 Å². The molecule has 2 aromatic rings. The number of nitrogens with one attached hydrogen (secondary N) is 2. The smallest absolute Gasteiger partial charge is 0.238 e. The minimum absolute atomic E-state index is 0.0202. The van der Waals surface area contributed by atoms with Crippen molar-refractivity contribution in [2.45, 2.75) is 74.7 Å². The molecule has 0 bridgehead atoms. The highest BCUT2D eigenvalue weighted by molar-refractivity contribution is 5.94. The molecule has 0 spiro atoms. The van der Waals surface area contributed by atoms with Gasteiger partial charge in [-0.3, -0.25) is 19.4 Å². The molecule has 0 aliphatic carbocycles. The first-order chi connectivity index (χ1) is 17.4. The average Bonchev–Trinajstić information content (AvgIpc) is 2.85. The SMILES string of the molecule is CCN(CC)CC(=O)Nc1c(C)cc(C(C)(C)c2cc(C)c(NC(=O)CN(CC)CC)c(C)c2)cc1C. The maximum absolute atomic E-state index is 12.6. The van der Waals surface area contributed by atoms with Crippen molar-refractivity contribution in [1.82, 2.24) is 9.80 Å². The normalized spacial score (nSPS) is 11.8. The minimum atomic E-state index is -0.251. The Bertz CT molecular complexity index is 967. The number of benzene rings is 2. The van der Waals surface area contributed by atoms with Crippen molar-refractivity contribution in [3.8, 4) is 0 Å². The number of amides is 2. The fourth-order valence-corrected chi connectivity index (χ4v) is 4.87. The second kappa shape index (κ2) is 13.2. The van der Waals surface area contributed by atoms with Crippen molar-refractivity contribution in [2.24, 2.45) is 0 Å². The highest BCUT2D eigenvalue weighted by Crippen LogP contribution is 2.37. The predicted molar refractivity (Wildman–Crippen MR) is 157 cm³/mol. The molecule has 2 rings (SSSR count). The molecular weight excluding hydrogens is 460 g/mol. The van der Waals surface area contributed by atoms with Crippen LogP contribution in [0.4, 0.5) is 11.4 Å². The van der Waals surface area contributed by atoms with E-state index >= 15 is 0 Å². The molecule has 0 radical (unpaired) electrons. The molecule has 6 heteroatoms. The number of hydrogen-bond donors (Lipinski definition) is 2. The molecule has 2 aromatic carbocycles. The van der Waals surface area contributed by atoms with Gasteiger partial charge < -0.3 is 10.6 Å². The van der Waals surface area contributed by atoms with Crippen LogP contribution in [0.25, 0.3) is 0 Å². The van der Waals surface area contributed by atoms with Crippen LogP contribution < -0.4 is 10.6 Å². The molecule has 6 nitrogen and oxygen atoms in total. The fraction of sp³-hybridized carbons (Fsp3) is 0.548. The van der Waals surface area contributed by atoms with E-state index < -0.39 is 0 Å². The summed E-state index contributed by atoms with van der Waals surface area (Å²) in [4.78, 5) is 29.5. The van der Waals surface area contributed by atoms with Gasteiger partial charge in [0.1, 0.15) is 0 Å². The molecule has 0 aromatic heterocycles. The van der Waals surface area contributed by atoms with Crippen LogP contribution in [0.1, 0.15) is 74.9 Å². The summed E-state index contributed by atoms with van der Waals surface area (Å²) in [5.41, 5.74) is 8.18. The lowest BCUT2D eigenvalue weighted by Gasteiger charge is -2.30. The molecule has 204 valence electrons. The van der Waals surface area contributed by atoms with Crippen LogP contribution in [0.3, 0.4) is 0 Å². The lowest BCUT2D eigenvalue weighted by atomic mass is 9.76. The Balaban J connectivity index is 2.31. The van der Waals surface area contributed by atoms with E-state index in [1.54, 1.807) is 0 Å². The molecule has 0 heterocycles. The van der Waals surface area contributed by atoms with Crippen molar-refractivity contribution in [2.75, 3.05) is 49.9 Å². The van der Waals surface area contributed by atoms with Gasteiger partial charge in [0, 0.05) is 16.8 Å². The number of carbonyl (C=O) groups is 2. The zero-order chi connectivity index (χ0) is 27.9. The average molecular weight is 509 g/mol. The molecule has 0 aliphatic rings. The predicted octanol–water partition coefficient (Wildman–Crippen LogP) is 5.81. The summed E-state index contributed by atoms with van der Waals surface area (Å²) in [5, 5.41) is 6.27. The summed E-state index contributed by atoms with van der Waals surface area (Å²) in [6.07, 6.45) is 0. The molecule has 2 N–H and O–H groups in total. The Morgan fingerprint density at radius 2 is 0.892 bits per heavy atom. The molecule has 0 atom stereocenters. The van der Waals surface area contributed by atoms with Gasteiger partial charge in [0.25, 0.3) is 0 Å². The third-order valence-corrected chi connectivity index (χ3v) is 7.56. The summed E-state index contributed by atoms with van der Waals surface area (Å²) in [5.74, 6) is 0.0404. The molecule has 37 heavy (non-hydrogen) atoms. The largest absolute Gasteiger partial charge is 0.324 e. The highest BCUT2D eigenvalue weighted by atomic mass is 16.2. The maximum atomic E-state index is 12.6. The number of likely N-dealkylation sites (N-methyl/N-ethyl adjacent to an activating group) is 2. The van der Waals surface area contributed by atoms with Gasteiger partial charge in [0.05, 0.1) is 13.1 Å². The summed E-state index contributed by atoms with van der Waals surface area (Å²) in [6, 6.07) is 8.74. The Morgan fingerprint density at radius 1 is 0.622 bits per heavy atom. The summed E-state index contributed by atoms with van der Waals surface area (Å²) < 4.78 is 0. The van der Waals surface area contributed by atoms with Crippen molar-refractivity contribution in [3.05, 3.63) is 57.6 Å². The van der Waals surface area contributed by atoms with E-state index in [4.69, 9.17) is 0 Å². The number of anilines is 2. The van der Waals surface area contributed by atoms with Gasteiger partial charge in [-0.2, -0.15) is 0 Å². The Morgan fingerprint density at radius 3 is 1.14 bits per heavy atom. The van der Waals surface area contributed by atoms with Gasteiger partial charge in [-0.1, -0.05) is 65.8 Å². The van der Waals surface area contributed by atoms with Gasteiger partial charge in [-0.05, 0) is 87.3 Å². The highest BCUT2D eigenvalue weighted by Gasteiger charge is 2.26. The summed E-state index contributed by atoms with van der Waals surface area (Å²) >= 11 is 0. The monoisotopic (exact) mass is 508 g/mol. The van der Waals surface area contributed by atoms with Gasteiger partial charge in [0.2, 0.25) is 11.8 Å².